The molecule has 4 heteroatoms. The first-order valence-electron chi connectivity index (χ1n) is 3.69. The van der Waals surface area contributed by atoms with Gasteiger partial charge in [0.2, 0.25) is 0 Å². The average molecular weight is 184 g/mol. The lowest BCUT2D eigenvalue weighted by molar-refractivity contribution is 0.275. The van der Waals surface area contributed by atoms with E-state index in [-0.39, 0.29) is 16.5 Å². The predicted octanol–water partition coefficient (Wildman–Crippen LogP) is 2.20. The highest BCUT2D eigenvalue weighted by atomic mass is 19.1. The van der Waals surface area contributed by atoms with Crippen molar-refractivity contribution in [2.45, 2.75) is 6.61 Å². The van der Waals surface area contributed by atoms with E-state index < -0.39 is 18.2 Å². The normalized spacial score (nSPS) is 11.0. The molecule has 0 radical (unpaired) electrons. The molecular formula is C9H6F2O2. The van der Waals surface area contributed by atoms with E-state index in [9.17, 15) is 8.78 Å². The van der Waals surface area contributed by atoms with Gasteiger partial charge in [0.1, 0.15) is 17.2 Å². The van der Waals surface area contributed by atoms with Gasteiger partial charge in [-0.3, -0.25) is 0 Å². The molecule has 1 aromatic carbocycles. The first kappa shape index (κ1) is 8.19. The Labute approximate surface area is 72.4 Å². The van der Waals surface area contributed by atoms with Crippen LogP contribution in [0.3, 0.4) is 0 Å². The second-order valence-corrected chi connectivity index (χ2v) is 2.64. The van der Waals surface area contributed by atoms with E-state index >= 15 is 0 Å². The van der Waals surface area contributed by atoms with Crippen LogP contribution < -0.4 is 0 Å². The van der Waals surface area contributed by atoms with Crippen LogP contribution in [-0.4, -0.2) is 5.11 Å². The highest BCUT2D eigenvalue weighted by Crippen LogP contribution is 2.25. The Balaban J connectivity index is 2.88. The van der Waals surface area contributed by atoms with Gasteiger partial charge in [0.15, 0.2) is 0 Å². The second-order valence-electron chi connectivity index (χ2n) is 2.64. The maximum atomic E-state index is 13.0. The van der Waals surface area contributed by atoms with E-state index in [2.05, 4.69) is 0 Å². The van der Waals surface area contributed by atoms with Crippen molar-refractivity contribution in [1.82, 2.24) is 0 Å². The first-order chi connectivity index (χ1) is 6.24. The van der Waals surface area contributed by atoms with Crippen LogP contribution in [-0.2, 0) is 6.61 Å². The smallest absolute Gasteiger partial charge is 0.145 e. The summed E-state index contributed by atoms with van der Waals surface area (Å²) in [6.07, 6.45) is 1.26. The zero-order valence-corrected chi connectivity index (χ0v) is 6.55. The van der Waals surface area contributed by atoms with Crippen molar-refractivity contribution in [3.63, 3.8) is 0 Å². The lowest BCUT2D eigenvalue weighted by Gasteiger charge is -2.00. The minimum Gasteiger partial charge on any atom is -0.464 e. The molecule has 0 saturated carbocycles. The maximum Gasteiger partial charge on any atom is 0.145 e. The van der Waals surface area contributed by atoms with Gasteiger partial charge in [-0.1, -0.05) is 0 Å². The van der Waals surface area contributed by atoms with Crippen molar-refractivity contribution >= 4 is 11.0 Å². The average Bonchev–Trinajstić information content (AvgIpc) is 2.53. The third-order valence-electron chi connectivity index (χ3n) is 1.90. The van der Waals surface area contributed by atoms with Gasteiger partial charge < -0.3 is 9.52 Å². The zero-order valence-electron chi connectivity index (χ0n) is 6.55. The van der Waals surface area contributed by atoms with Crippen molar-refractivity contribution in [3.8, 4) is 0 Å². The number of furan rings is 1. The fraction of sp³-hybridized carbons (Fsp3) is 0.111. The molecule has 1 heterocycles. The Morgan fingerprint density at radius 1 is 1.31 bits per heavy atom. The second kappa shape index (κ2) is 2.81. The van der Waals surface area contributed by atoms with Crippen LogP contribution in [0.15, 0.2) is 22.8 Å². The highest BCUT2D eigenvalue weighted by molar-refractivity contribution is 5.81. The quantitative estimate of drug-likeness (QED) is 0.737. The van der Waals surface area contributed by atoms with Crippen LogP contribution in [0.25, 0.3) is 11.0 Å². The number of aliphatic hydroxyl groups excluding tert-OH is 1. The molecule has 0 spiro atoms. The van der Waals surface area contributed by atoms with Gasteiger partial charge in [0, 0.05) is 6.07 Å². The van der Waals surface area contributed by atoms with Crippen LogP contribution in [0, 0.1) is 11.6 Å². The lowest BCUT2D eigenvalue weighted by atomic mass is 10.1. The molecule has 2 nitrogen and oxygen atoms in total. The fourth-order valence-corrected chi connectivity index (χ4v) is 1.26. The van der Waals surface area contributed by atoms with Crippen LogP contribution in [0.2, 0.25) is 0 Å². The summed E-state index contributed by atoms with van der Waals surface area (Å²) in [5.74, 6) is -1.47. The van der Waals surface area contributed by atoms with Crippen LogP contribution in [0.1, 0.15) is 5.56 Å². The minimum absolute atomic E-state index is 0.0126. The third kappa shape index (κ3) is 1.10. The standard InChI is InChI=1S/C9H6F2O2/c10-7-3-8(11)6(4-12)9-5(7)1-2-13-9/h1-3,12H,4H2. The van der Waals surface area contributed by atoms with Gasteiger partial charge >= 0.3 is 0 Å². The van der Waals surface area contributed by atoms with Gasteiger partial charge in [0.05, 0.1) is 23.8 Å². The van der Waals surface area contributed by atoms with E-state index in [1.165, 1.54) is 12.3 Å². The first-order valence-corrected chi connectivity index (χ1v) is 3.69. The molecule has 0 aliphatic carbocycles. The molecule has 13 heavy (non-hydrogen) atoms. The number of benzene rings is 1. The monoisotopic (exact) mass is 184 g/mol. The summed E-state index contributed by atoms with van der Waals surface area (Å²) in [6.45, 7) is -0.504. The van der Waals surface area contributed by atoms with Crippen molar-refractivity contribution in [3.05, 3.63) is 35.6 Å². The molecule has 68 valence electrons. The van der Waals surface area contributed by atoms with E-state index in [4.69, 9.17) is 9.52 Å². The van der Waals surface area contributed by atoms with E-state index in [1.807, 2.05) is 0 Å². The van der Waals surface area contributed by atoms with E-state index in [0.717, 1.165) is 6.07 Å². The van der Waals surface area contributed by atoms with Gasteiger partial charge in [-0.2, -0.15) is 0 Å². The zero-order chi connectivity index (χ0) is 9.42. The number of halogens is 2. The Kier molecular flexibility index (Phi) is 1.77. The van der Waals surface area contributed by atoms with E-state index in [1.54, 1.807) is 0 Å². The third-order valence-corrected chi connectivity index (χ3v) is 1.90. The highest BCUT2D eigenvalue weighted by Gasteiger charge is 2.13. The van der Waals surface area contributed by atoms with Gasteiger partial charge in [-0.15, -0.1) is 0 Å². The minimum atomic E-state index is -0.789. The maximum absolute atomic E-state index is 13.0. The van der Waals surface area contributed by atoms with Crippen molar-refractivity contribution in [1.29, 1.82) is 0 Å². The summed E-state index contributed by atoms with van der Waals surface area (Å²) in [5.41, 5.74) is 0.0569. The van der Waals surface area contributed by atoms with Crippen molar-refractivity contribution in [2.75, 3.05) is 0 Å². The molecule has 0 bridgehead atoms. The summed E-state index contributed by atoms with van der Waals surface area (Å²) in [5, 5.41) is 8.99. The molecule has 2 aromatic rings. The SMILES string of the molecule is OCc1c(F)cc(F)c2ccoc12. The molecule has 2 rings (SSSR count). The van der Waals surface area contributed by atoms with Gasteiger partial charge in [0.25, 0.3) is 0 Å². The molecular weight excluding hydrogens is 178 g/mol. The molecule has 0 saturated heterocycles. The Morgan fingerprint density at radius 3 is 2.77 bits per heavy atom. The number of hydrogen-bond donors (Lipinski definition) is 1. The molecule has 1 N–H and O–H groups in total. The molecule has 0 unspecified atom stereocenters. The number of aliphatic hydroxyl groups is 1. The van der Waals surface area contributed by atoms with Crippen molar-refractivity contribution in [2.24, 2.45) is 0 Å². The summed E-state index contributed by atoms with van der Waals surface area (Å²) in [6, 6.07) is 2.13. The number of fused-ring (bicyclic) bond motifs is 1. The van der Waals surface area contributed by atoms with Crippen LogP contribution in [0.5, 0.6) is 0 Å². The Bertz CT molecular complexity index is 448. The molecule has 1 aromatic heterocycles. The lowest BCUT2D eigenvalue weighted by Crippen LogP contribution is -1.92. The van der Waals surface area contributed by atoms with Gasteiger partial charge in [-0.05, 0) is 6.07 Å². The summed E-state index contributed by atoms with van der Waals surface area (Å²) >= 11 is 0. The Hall–Kier alpha value is -1.42. The largest absolute Gasteiger partial charge is 0.464 e. The summed E-state index contributed by atoms with van der Waals surface area (Å²) in [7, 11) is 0. The molecule has 0 atom stereocenters. The Morgan fingerprint density at radius 2 is 2.08 bits per heavy atom. The number of hydrogen-bond acceptors (Lipinski definition) is 2. The topological polar surface area (TPSA) is 33.4 Å². The number of rotatable bonds is 1. The van der Waals surface area contributed by atoms with Crippen LogP contribution >= 0.6 is 0 Å². The fourth-order valence-electron chi connectivity index (χ4n) is 1.26. The van der Waals surface area contributed by atoms with E-state index in [0.29, 0.717) is 0 Å². The molecule has 0 aliphatic rings. The summed E-state index contributed by atoms with van der Waals surface area (Å²) < 4.78 is 30.9. The summed E-state index contributed by atoms with van der Waals surface area (Å²) in [4.78, 5) is 0. The molecule has 0 aliphatic heterocycles. The molecule has 0 fully saturated rings. The van der Waals surface area contributed by atoms with Crippen molar-refractivity contribution < 1.29 is 18.3 Å². The van der Waals surface area contributed by atoms with Gasteiger partial charge in [-0.25, -0.2) is 8.78 Å². The predicted molar refractivity (Wildman–Crippen MR) is 42.1 cm³/mol. The van der Waals surface area contributed by atoms with Crippen LogP contribution in [0.4, 0.5) is 8.78 Å². The molecule has 0 amide bonds.